The summed E-state index contributed by atoms with van der Waals surface area (Å²) in [6.07, 6.45) is 4.20. The number of aliphatic imine (C=N–C) groups is 1. The molecule has 0 aliphatic rings. The van der Waals surface area contributed by atoms with Gasteiger partial charge in [-0.2, -0.15) is 0 Å². The van der Waals surface area contributed by atoms with Crippen molar-refractivity contribution in [3.05, 3.63) is 51.4 Å². The molecule has 32 heavy (non-hydrogen) atoms. The summed E-state index contributed by atoms with van der Waals surface area (Å²) in [5.74, 6) is -1.17. The number of aldehydes is 1. The van der Waals surface area contributed by atoms with Crippen molar-refractivity contribution >= 4 is 40.8 Å². The van der Waals surface area contributed by atoms with Crippen LogP contribution in [0.5, 0.6) is 0 Å². The fourth-order valence-electron chi connectivity index (χ4n) is 3.37. The number of esters is 2. The molecule has 0 saturated carbocycles. The van der Waals surface area contributed by atoms with Gasteiger partial charge in [-0.25, -0.2) is 14.6 Å². The van der Waals surface area contributed by atoms with E-state index >= 15 is 0 Å². The maximum absolute atomic E-state index is 12.8. The molecular formula is C25H31NO5S. The van der Waals surface area contributed by atoms with Gasteiger partial charge in [0, 0.05) is 17.0 Å². The van der Waals surface area contributed by atoms with Crippen molar-refractivity contribution in [1.82, 2.24) is 0 Å². The summed E-state index contributed by atoms with van der Waals surface area (Å²) in [5, 5.41) is 0.429. The van der Waals surface area contributed by atoms with Gasteiger partial charge in [0.25, 0.3) is 0 Å². The number of nitrogens with zero attached hydrogens (tertiary/aromatic N) is 1. The van der Waals surface area contributed by atoms with E-state index in [-0.39, 0.29) is 36.2 Å². The molecule has 6 nitrogen and oxygen atoms in total. The molecule has 2 rings (SSSR count). The van der Waals surface area contributed by atoms with E-state index in [0.29, 0.717) is 5.00 Å². The first-order valence-electron chi connectivity index (χ1n) is 11.0. The van der Waals surface area contributed by atoms with E-state index in [9.17, 15) is 14.4 Å². The molecule has 0 aliphatic heterocycles. The Hall–Kier alpha value is -2.80. The van der Waals surface area contributed by atoms with Crippen molar-refractivity contribution < 1.29 is 23.9 Å². The molecule has 7 heteroatoms. The molecule has 172 valence electrons. The van der Waals surface area contributed by atoms with E-state index in [2.05, 4.69) is 18.8 Å². The normalized spacial score (nSPS) is 12.2. The van der Waals surface area contributed by atoms with Crippen LogP contribution in [0.3, 0.4) is 0 Å². The van der Waals surface area contributed by atoms with Crippen LogP contribution < -0.4 is 0 Å². The van der Waals surface area contributed by atoms with Crippen molar-refractivity contribution in [2.75, 3.05) is 13.2 Å². The molecule has 1 heterocycles. The van der Waals surface area contributed by atoms with E-state index in [0.717, 1.165) is 35.1 Å². The third kappa shape index (κ3) is 5.91. The molecular weight excluding hydrogens is 426 g/mol. The molecule has 0 N–H and O–H groups in total. The van der Waals surface area contributed by atoms with Gasteiger partial charge in [0.1, 0.15) is 16.9 Å². The Balaban J connectivity index is 2.57. The second-order valence-corrected chi connectivity index (χ2v) is 8.36. The molecule has 0 radical (unpaired) electrons. The van der Waals surface area contributed by atoms with Crippen LogP contribution >= 0.6 is 11.3 Å². The summed E-state index contributed by atoms with van der Waals surface area (Å²) in [7, 11) is 0. The second-order valence-electron chi connectivity index (χ2n) is 7.33. The topological polar surface area (TPSA) is 82.0 Å². The predicted molar refractivity (Wildman–Crippen MR) is 128 cm³/mol. The zero-order valence-electron chi connectivity index (χ0n) is 19.3. The van der Waals surface area contributed by atoms with E-state index in [1.807, 2.05) is 31.2 Å². The van der Waals surface area contributed by atoms with Crippen LogP contribution in [0.2, 0.25) is 0 Å². The fourth-order valence-corrected chi connectivity index (χ4v) is 4.76. The van der Waals surface area contributed by atoms with Crippen LogP contribution in [0.1, 0.15) is 96.0 Å². The van der Waals surface area contributed by atoms with E-state index in [4.69, 9.17) is 9.47 Å². The smallest absolute Gasteiger partial charge is 0.342 e. The maximum Gasteiger partial charge on any atom is 0.342 e. The fraction of sp³-hybridized carbons (Fsp3) is 0.440. The third-order valence-corrected chi connectivity index (χ3v) is 6.49. The largest absolute Gasteiger partial charge is 0.462 e. The van der Waals surface area contributed by atoms with Crippen LogP contribution in [0, 0.1) is 0 Å². The van der Waals surface area contributed by atoms with Crippen molar-refractivity contribution in [3.8, 4) is 0 Å². The monoisotopic (exact) mass is 457 g/mol. The zero-order chi connectivity index (χ0) is 23.7. The highest BCUT2D eigenvalue weighted by molar-refractivity contribution is 7.16. The molecule has 0 bridgehead atoms. The lowest BCUT2D eigenvalue weighted by Crippen LogP contribution is -2.15. The summed E-state index contributed by atoms with van der Waals surface area (Å²) in [5.41, 5.74) is 2.17. The van der Waals surface area contributed by atoms with Gasteiger partial charge >= 0.3 is 11.9 Å². The number of carbonyl (C=O) groups excluding carboxylic acids is 3. The average Bonchev–Trinajstić information content (AvgIpc) is 3.18. The minimum absolute atomic E-state index is 0.112. The molecule has 0 amide bonds. The number of benzene rings is 1. The first-order chi connectivity index (χ1) is 15.4. The molecule has 0 aliphatic carbocycles. The number of rotatable bonds is 11. The van der Waals surface area contributed by atoms with E-state index in [1.54, 1.807) is 20.1 Å². The predicted octanol–water partition coefficient (Wildman–Crippen LogP) is 6.06. The average molecular weight is 458 g/mol. The lowest BCUT2D eigenvalue weighted by atomic mass is 9.96. The van der Waals surface area contributed by atoms with Crippen molar-refractivity contribution in [2.45, 2.75) is 59.3 Å². The van der Waals surface area contributed by atoms with Crippen molar-refractivity contribution in [2.24, 2.45) is 4.99 Å². The molecule has 1 aromatic heterocycles. The molecule has 0 spiro atoms. The van der Waals surface area contributed by atoms with Crippen molar-refractivity contribution in [3.63, 3.8) is 0 Å². The number of ether oxygens (including phenoxy) is 2. The standard InChI is InChI=1S/C25H31NO5S/c1-6-18(7-2)22-20(24(28)30-8-3)21(25(29)31-9-4)23(32-22)26-14-17-10-12-19(13-11-17)16(5)15-27/h10-16,18H,6-9H2,1-5H3/b26-14+. The molecule has 2 aromatic rings. The summed E-state index contributed by atoms with van der Waals surface area (Å²) >= 11 is 1.34. The Kier molecular flexibility index (Phi) is 9.78. The van der Waals surface area contributed by atoms with Crippen LogP contribution in [0.15, 0.2) is 29.3 Å². The maximum atomic E-state index is 12.8. The summed E-state index contributed by atoms with van der Waals surface area (Å²) in [6.45, 7) is 9.81. The summed E-state index contributed by atoms with van der Waals surface area (Å²) in [6, 6.07) is 7.48. The highest BCUT2D eigenvalue weighted by Gasteiger charge is 2.32. The molecule has 1 aromatic carbocycles. The molecule has 0 fully saturated rings. The van der Waals surface area contributed by atoms with Gasteiger partial charge in [0.2, 0.25) is 0 Å². The zero-order valence-corrected chi connectivity index (χ0v) is 20.2. The summed E-state index contributed by atoms with van der Waals surface area (Å²) < 4.78 is 10.5. The van der Waals surface area contributed by atoms with Gasteiger partial charge in [-0.15, -0.1) is 11.3 Å². The minimum atomic E-state index is -0.577. The Labute approximate surface area is 193 Å². The van der Waals surface area contributed by atoms with Crippen LogP contribution in [-0.4, -0.2) is 37.7 Å². The number of carbonyl (C=O) groups is 3. The lowest BCUT2D eigenvalue weighted by molar-refractivity contribution is -0.108. The molecule has 0 saturated heterocycles. The highest BCUT2D eigenvalue weighted by Crippen LogP contribution is 2.42. The Morgan fingerprint density at radius 3 is 2.03 bits per heavy atom. The Morgan fingerprint density at radius 2 is 1.53 bits per heavy atom. The molecule has 1 atom stereocenters. The van der Waals surface area contributed by atoms with E-state index in [1.165, 1.54) is 11.3 Å². The van der Waals surface area contributed by atoms with Crippen LogP contribution in [0.4, 0.5) is 5.00 Å². The molecule has 1 unspecified atom stereocenters. The third-order valence-electron chi connectivity index (χ3n) is 5.23. The van der Waals surface area contributed by atoms with Gasteiger partial charge in [-0.1, -0.05) is 45.0 Å². The minimum Gasteiger partial charge on any atom is -0.462 e. The van der Waals surface area contributed by atoms with Gasteiger partial charge in [-0.05, 0) is 43.7 Å². The highest BCUT2D eigenvalue weighted by atomic mass is 32.1. The number of thiophene rings is 1. The van der Waals surface area contributed by atoms with E-state index < -0.39 is 11.9 Å². The number of hydrogen-bond acceptors (Lipinski definition) is 7. The SMILES string of the molecule is CCOC(=O)c1c(/N=C/c2ccc(C(C)C=O)cc2)sc(C(CC)CC)c1C(=O)OCC. The van der Waals surface area contributed by atoms with Crippen molar-refractivity contribution in [1.29, 1.82) is 0 Å². The van der Waals surface area contributed by atoms with Gasteiger partial charge in [0.05, 0.1) is 18.8 Å². The first kappa shape index (κ1) is 25.5. The Morgan fingerprint density at radius 1 is 0.969 bits per heavy atom. The second kappa shape index (κ2) is 12.3. The first-order valence-corrected chi connectivity index (χ1v) is 11.8. The Bertz CT molecular complexity index is 957. The van der Waals surface area contributed by atoms with Crippen LogP contribution in [0.25, 0.3) is 0 Å². The quantitative estimate of drug-likeness (QED) is 0.233. The summed E-state index contributed by atoms with van der Waals surface area (Å²) in [4.78, 5) is 42.0. The number of hydrogen-bond donors (Lipinski definition) is 0. The van der Waals surface area contributed by atoms with Crippen LogP contribution in [-0.2, 0) is 14.3 Å². The van der Waals surface area contributed by atoms with Gasteiger partial charge < -0.3 is 14.3 Å². The lowest BCUT2D eigenvalue weighted by Gasteiger charge is -2.13. The van der Waals surface area contributed by atoms with Gasteiger partial charge in [0.15, 0.2) is 0 Å². The van der Waals surface area contributed by atoms with Gasteiger partial charge in [-0.3, -0.25) is 0 Å².